The number of nitrogens with two attached hydrogens (primary N) is 1. The van der Waals surface area contributed by atoms with Crippen LogP contribution in [0.3, 0.4) is 0 Å². The zero-order valence-electron chi connectivity index (χ0n) is 9.37. The molecule has 0 bridgehead atoms. The second-order valence-corrected chi connectivity index (χ2v) is 5.02. The molecule has 1 atom stereocenters. The standard InChI is InChI=1S/C10H19N3O/c1-7(11)5-8-12-9(14-13-8)6-10(2,3)4/h7H,5-6,11H2,1-4H3. The summed E-state index contributed by atoms with van der Waals surface area (Å²) in [6.45, 7) is 8.35. The molecule has 0 spiro atoms. The van der Waals surface area contributed by atoms with Gasteiger partial charge in [-0.05, 0) is 12.3 Å². The van der Waals surface area contributed by atoms with Gasteiger partial charge >= 0.3 is 0 Å². The van der Waals surface area contributed by atoms with E-state index in [2.05, 4.69) is 30.9 Å². The SMILES string of the molecule is CC(N)Cc1noc(CC(C)(C)C)n1. The molecule has 0 aromatic carbocycles. The molecule has 0 saturated carbocycles. The maximum absolute atomic E-state index is 5.64. The van der Waals surface area contributed by atoms with E-state index >= 15 is 0 Å². The van der Waals surface area contributed by atoms with Gasteiger partial charge in [-0.15, -0.1) is 0 Å². The smallest absolute Gasteiger partial charge is 0.227 e. The number of aromatic nitrogens is 2. The lowest BCUT2D eigenvalue weighted by Crippen LogP contribution is -2.18. The highest BCUT2D eigenvalue weighted by Gasteiger charge is 2.16. The first-order valence-corrected chi connectivity index (χ1v) is 4.94. The summed E-state index contributed by atoms with van der Waals surface area (Å²) in [7, 11) is 0. The fourth-order valence-corrected chi connectivity index (χ4v) is 1.19. The Bertz CT molecular complexity index is 286. The molecule has 1 aromatic rings. The van der Waals surface area contributed by atoms with Crippen LogP contribution in [0, 0.1) is 5.41 Å². The molecular formula is C10H19N3O. The van der Waals surface area contributed by atoms with Gasteiger partial charge in [-0.2, -0.15) is 4.98 Å². The predicted octanol–water partition coefficient (Wildman–Crippen LogP) is 1.55. The molecule has 1 unspecified atom stereocenters. The first-order chi connectivity index (χ1) is 6.37. The van der Waals surface area contributed by atoms with Crippen LogP contribution in [-0.4, -0.2) is 16.2 Å². The van der Waals surface area contributed by atoms with E-state index in [9.17, 15) is 0 Å². The first kappa shape index (κ1) is 11.2. The Labute approximate surface area is 84.9 Å². The van der Waals surface area contributed by atoms with Crippen LogP contribution < -0.4 is 5.73 Å². The number of hydrogen-bond donors (Lipinski definition) is 1. The van der Waals surface area contributed by atoms with Crippen molar-refractivity contribution in [3.05, 3.63) is 11.7 Å². The van der Waals surface area contributed by atoms with Crippen molar-refractivity contribution in [3.63, 3.8) is 0 Å². The fraction of sp³-hybridized carbons (Fsp3) is 0.800. The zero-order chi connectivity index (χ0) is 10.8. The maximum Gasteiger partial charge on any atom is 0.227 e. The molecular weight excluding hydrogens is 178 g/mol. The summed E-state index contributed by atoms with van der Waals surface area (Å²) < 4.78 is 5.12. The Morgan fingerprint density at radius 1 is 1.43 bits per heavy atom. The van der Waals surface area contributed by atoms with E-state index in [1.54, 1.807) is 0 Å². The summed E-state index contributed by atoms with van der Waals surface area (Å²) in [5, 5.41) is 3.87. The average Bonchev–Trinajstić information content (AvgIpc) is 2.30. The van der Waals surface area contributed by atoms with Crippen LogP contribution in [0.25, 0.3) is 0 Å². The molecule has 1 aromatic heterocycles. The molecule has 0 fully saturated rings. The van der Waals surface area contributed by atoms with E-state index in [1.165, 1.54) is 0 Å². The molecule has 1 heterocycles. The molecule has 4 heteroatoms. The van der Waals surface area contributed by atoms with Crippen LogP contribution in [0.15, 0.2) is 4.52 Å². The van der Waals surface area contributed by atoms with E-state index in [-0.39, 0.29) is 11.5 Å². The van der Waals surface area contributed by atoms with E-state index in [1.807, 2.05) is 6.92 Å². The molecule has 0 aliphatic heterocycles. The molecule has 2 N–H and O–H groups in total. The molecule has 0 aliphatic rings. The second kappa shape index (κ2) is 4.09. The van der Waals surface area contributed by atoms with Crippen molar-refractivity contribution in [1.82, 2.24) is 10.1 Å². The van der Waals surface area contributed by atoms with Gasteiger partial charge in [-0.1, -0.05) is 25.9 Å². The lowest BCUT2D eigenvalue weighted by atomic mass is 9.92. The van der Waals surface area contributed by atoms with Gasteiger partial charge in [0.2, 0.25) is 5.89 Å². The van der Waals surface area contributed by atoms with Gasteiger partial charge < -0.3 is 10.3 Å². The minimum atomic E-state index is 0.0788. The third kappa shape index (κ3) is 3.87. The lowest BCUT2D eigenvalue weighted by Gasteiger charge is -2.13. The van der Waals surface area contributed by atoms with E-state index in [4.69, 9.17) is 10.3 Å². The van der Waals surface area contributed by atoms with Crippen molar-refractivity contribution in [1.29, 1.82) is 0 Å². The summed E-state index contributed by atoms with van der Waals surface area (Å²) in [4.78, 5) is 4.28. The van der Waals surface area contributed by atoms with Crippen molar-refractivity contribution >= 4 is 0 Å². The van der Waals surface area contributed by atoms with Crippen molar-refractivity contribution in [2.75, 3.05) is 0 Å². The highest BCUT2D eigenvalue weighted by Crippen LogP contribution is 2.19. The summed E-state index contributed by atoms with van der Waals surface area (Å²) in [6, 6.07) is 0.0788. The van der Waals surface area contributed by atoms with Crippen LogP contribution in [0.2, 0.25) is 0 Å². The van der Waals surface area contributed by atoms with Crippen LogP contribution in [0.1, 0.15) is 39.4 Å². The number of nitrogens with zero attached hydrogens (tertiary/aromatic N) is 2. The van der Waals surface area contributed by atoms with E-state index < -0.39 is 0 Å². The normalized spacial score (nSPS) is 14.4. The van der Waals surface area contributed by atoms with Gasteiger partial charge in [-0.25, -0.2) is 0 Å². The predicted molar refractivity (Wildman–Crippen MR) is 54.8 cm³/mol. The average molecular weight is 197 g/mol. The monoisotopic (exact) mass is 197 g/mol. The highest BCUT2D eigenvalue weighted by molar-refractivity contribution is 4.91. The summed E-state index contributed by atoms with van der Waals surface area (Å²) >= 11 is 0. The molecule has 0 saturated heterocycles. The maximum atomic E-state index is 5.64. The molecule has 14 heavy (non-hydrogen) atoms. The number of hydrogen-bond acceptors (Lipinski definition) is 4. The lowest BCUT2D eigenvalue weighted by molar-refractivity contribution is 0.312. The van der Waals surface area contributed by atoms with Crippen LogP contribution in [0.5, 0.6) is 0 Å². The van der Waals surface area contributed by atoms with E-state index in [0.29, 0.717) is 18.1 Å². The fourth-order valence-electron chi connectivity index (χ4n) is 1.19. The van der Waals surface area contributed by atoms with Crippen molar-refractivity contribution in [2.24, 2.45) is 11.1 Å². The van der Waals surface area contributed by atoms with Crippen LogP contribution in [0.4, 0.5) is 0 Å². The van der Waals surface area contributed by atoms with Crippen LogP contribution in [-0.2, 0) is 12.8 Å². The molecule has 1 rings (SSSR count). The molecule has 0 radical (unpaired) electrons. The zero-order valence-corrected chi connectivity index (χ0v) is 9.37. The Balaban J connectivity index is 2.60. The summed E-state index contributed by atoms with van der Waals surface area (Å²) in [5.41, 5.74) is 5.82. The van der Waals surface area contributed by atoms with Gasteiger partial charge in [0.25, 0.3) is 0 Å². The first-order valence-electron chi connectivity index (χ1n) is 4.94. The van der Waals surface area contributed by atoms with Gasteiger partial charge in [0.1, 0.15) is 0 Å². The third-order valence-electron chi connectivity index (χ3n) is 1.70. The Kier molecular flexibility index (Phi) is 3.26. The largest absolute Gasteiger partial charge is 0.339 e. The molecule has 80 valence electrons. The summed E-state index contributed by atoms with van der Waals surface area (Å²) in [5.74, 6) is 1.41. The Morgan fingerprint density at radius 3 is 2.57 bits per heavy atom. The third-order valence-corrected chi connectivity index (χ3v) is 1.70. The minimum absolute atomic E-state index is 0.0788. The van der Waals surface area contributed by atoms with Crippen molar-refractivity contribution < 1.29 is 4.52 Å². The van der Waals surface area contributed by atoms with Gasteiger partial charge in [0.15, 0.2) is 5.82 Å². The van der Waals surface area contributed by atoms with Gasteiger partial charge in [-0.3, -0.25) is 0 Å². The van der Waals surface area contributed by atoms with Crippen molar-refractivity contribution in [3.8, 4) is 0 Å². The molecule has 0 amide bonds. The Hall–Kier alpha value is -0.900. The summed E-state index contributed by atoms with van der Waals surface area (Å²) in [6.07, 6.45) is 1.48. The number of rotatable bonds is 3. The topological polar surface area (TPSA) is 64.9 Å². The molecule has 4 nitrogen and oxygen atoms in total. The highest BCUT2D eigenvalue weighted by atomic mass is 16.5. The van der Waals surface area contributed by atoms with E-state index in [0.717, 1.165) is 6.42 Å². The quantitative estimate of drug-likeness (QED) is 0.798. The van der Waals surface area contributed by atoms with Gasteiger partial charge in [0, 0.05) is 18.9 Å². The second-order valence-electron chi connectivity index (χ2n) is 5.02. The molecule has 0 aliphatic carbocycles. The Morgan fingerprint density at radius 2 is 2.07 bits per heavy atom. The van der Waals surface area contributed by atoms with Crippen molar-refractivity contribution in [2.45, 2.75) is 46.6 Å². The minimum Gasteiger partial charge on any atom is -0.339 e. The van der Waals surface area contributed by atoms with Gasteiger partial charge in [0.05, 0.1) is 0 Å². The van der Waals surface area contributed by atoms with Crippen LogP contribution >= 0.6 is 0 Å².